The minimum absolute atomic E-state index is 0.117. The van der Waals surface area contributed by atoms with Gasteiger partial charge >= 0.3 is 0 Å². The Balaban J connectivity index is 1.19. The van der Waals surface area contributed by atoms with Gasteiger partial charge in [0.05, 0.1) is 6.54 Å². The van der Waals surface area contributed by atoms with Crippen molar-refractivity contribution in [1.29, 1.82) is 0 Å². The molecule has 0 unspecified atom stereocenters. The van der Waals surface area contributed by atoms with E-state index in [0.717, 1.165) is 31.7 Å². The molecule has 1 fully saturated rings. The fourth-order valence-electron chi connectivity index (χ4n) is 3.45. The van der Waals surface area contributed by atoms with Crippen molar-refractivity contribution < 1.29 is 13.7 Å². The molecule has 1 aliphatic rings. The standard InChI is InChI=1S/C22H23ClFN5O2/c23-17-6-4-16(5-7-17)22-26-21(31-27-22)15-29-12-10-28(11-13-29)9-8-20(30)25-19-3-1-2-18(24)14-19/h1-7,14H,8-13,15H2,(H,25,30). The number of nitrogens with one attached hydrogen (secondary N) is 1. The summed E-state index contributed by atoms with van der Waals surface area (Å²) in [6.45, 7) is 4.66. The van der Waals surface area contributed by atoms with Gasteiger partial charge < -0.3 is 14.7 Å². The molecular weight excluding hydrogens is 421 g/mol. The lowest BCUT2D eigenvalue weighted by Crippen LogP contribution is -2.46. The van der Waals surface area contributed by atoms with Crippen molar-refractivity contribution in [3.63, 3.8) is 0 Å². The molecule has 0 spiro atoms. The monoisotopic (exact) mass is 443 g/mol. The molecule has 7 nitrogen and oxygen atoms in total. The number of aromatic nitrogens is 2. The summed E-state index contributed by atoms with van der Waals surface area (Å²) in [6.07, 6.45) is 0.366. The molecule has 3 aromatic rings. The molecule has 0 saturated carbocycles. The fourth-order valence-corrected chi connectivity index (χ4v) is 3.57. The molecule has 4 rings (SSSR count). The van der Waals surface area contributed by atoms with E-state index < -0.39 is 0 Å². The predicted octanol–water partition coefficient (Wildman–Crippen LogP) is 3.68. The summed E-state index contributed by atoms with van der Waals surface area (Å²) >= 11 is 5.92. The van der Waals surface area contributed by atoms with Gasteiger partial charge in [0.2, 0.25) is 17.6 Å². The van der Waals surface area contributed by atoms with E-state index in [4.69, 9.17) is 16.1 Å². The van der Waals surface area contributed by atoms with Gasteiger partial charge in [0.15, 0.2) is 0 Å². The number of hydrogen-bond donors (Lipinski definition) is 1. The van der Waals surface area contributed by atoms with E-state index >= 15 is 0 Å². The Morgan fingerprint density at radius 1 is 1.10 bits per heavy atom. The van der Waals surface area contributed by atoms with E-state index in [-0.39, 0.29) is 11.7 Å². The summed E-state index contributed by atoms with van der Waals surface area (Å²) in [5, 5.41) is 7.45. The normalized spacial score (nSPS) is 15.2. The molecular formula is C22H23ClFN5O2. The molecule has 31 heavy (non-hydrogen) atoms. The Kier molecular flexibility index (Phi) is 6.91. The van der Waals surface area contributed by atoms with Crippen LogP contribution in [-0.4, -0.2) is 58.6 Å². The highest BCUT2D eigenvalue weighted by atomic mass is 35.5. The van der Waals surface area contributed by atoms with Crippen molar-refractivity contribution in [2.45, 2.75) is 13.0 Å². The van der Waals surface area contributed by atoms with Crippen LogP contribution in [0.3, 0.4) is 0 Å². The molecule has 1 N–H and O–H groups in total. The van der Waals surface area contributed by atoms with Crippen LogP contribution in [0.15, 0.2) is 53.1 Å². The zero-order chi connectivity index (χ0) is 21.6. The van der Waals surface area contributed by atoms with Gasteiger partial charge in [-0.2, -0.15) is 4.98 Å². The minimum atomic E-state index is -0.365. The van der Waals surface area contributed by atoms with E-state index in [1.165, 1.54) is 12.1 Å². The summed E-state index contributed by atoms with van der Waals surface area (Å²) in [6, 6.07) is 13.2. The van der Waals surface area contributed by atoms with Crippen molar-refractivity contribution in [1.82, 2.24) is 19.9 Å². The average molecular weight is 444 g/mol. The first-order valence-corrected chi connectivity index (χ1v) is 10.5. The molecule has 0 atom stereocenters. The van der Waals surface area contributed by atoms with E-state index in [1.807, 2.05) is 12.1 Å². The highest BCUT2D eigenvalue weighted by Gasteiger charge is 2.20. The number of carbonyl (C=O) groups excluding carboxylic acids is 1. The summed E-state index contributed by atoms with van der Waals surface area (Å²) in [5.41, 5.74) is 1.34. The molecule has 0 aliphatic carbocycles. The second-order valence-electron chi connectivity index (χ2n) is 7.44. The highest BCUT2D eigenvalue weighted by Crippen LogP contribution is 2.19. The third kappa shape index (κ3) is 6.10. The maximum Gasteiger partial charge on any atom is 0.241 e. The van der Waals surface area contributed by atoms with E-state index in [1.54, 1.807) is 24.3 Å². The summed E-state index contributed by atoms with van der Waals surface area (Å²) in [7, 11) is 0. The van der Waals surface area contributed by atoms with Crippen LogP contribution < -0.4 is 5.32 Å². The van der Waals surface area contributed by atoms with Crippen molar-refractivity contribution >= 4 is 23.2 Å². The van der Waals surface area contributed by atoms with Gasteiger partial charge in [-0.05, 0) is 42.5 Å². The third-order valence-corrected chi connectivity index (χ3v) is 5.41. The Bertz CT molecular complexity index is 1020. The first-order chi connectivity index (χ1) is 15.0. The predicted molar refractivity (Wildman–Crippen MR) is 116 cm³/mol. The largest absolute Gasteiger partial charge is 0.338 e. The summed E-state index contributed by atoms with van der Waals surface area (Å²) in [5.74, 6) is 0.645. The molecule has 1 amide bonds. The fraction of sp³-hybridized carbons (Fsp3) is 0.318. The van der Waals surface area contributed by atoms with Crippen LogP contribution in [0.25, 0.3) is 11.4 Å². The van der Waals surface area contributed by atoms with Gasteiger partial charge in [-0.3, -0.25) is 9.69 Å². The molecule has 1 aromatic heterocycles. The molecule has 9 heteroatoms. The summed E-state index contributed by atoms with van der Waals surface area (Å²) in [4.78, 5) is 21.1. The van der Waals surface area contributed by atoms with Crippen LogP contribution in [0.4, 0.5) is 10.1 Å². The quantitative estimate of drug-likeness (QED) is 0.600. The molecule has 1 saturated heterocycles. The van der Waals surface area contributed by atoms with Crippen LogP contribution in [-0.2, 0) is 11.3 Å². The van der Waals surface area contributed by atoms with Crippen molar-refractivity contribution in [2.75, 3.05) is 38.0 Å². The van der Waals surface area contributed by atoms with Crippen molar-refractivity contribution in [2.24, 2.45) is 0 Å². The Hall–Kier alpha value is -2.81. The average Bonchev–Trinajstić information content (AvgIpc) is 3.22. The maximum absolute atomic E-state index is 13.2. The number of piperazine rings is 1. The van der Waals surface area contributed by atoms with E-state index in [2.05, 4.69) is 25.3 Å². The number of hydrogen-bond acceptors (Lipinski definition) is 6. The number of benzene rings is 2. The second-order valence-corrected chi connectivity index (χ2v) is 7.88. The molecule has 162 valence electrons. The van der Waals surface area contributed by atoms with Gasteiger partial charge in [-0.1, -0.05) is 22.8 Å². The first kappa shape index (κ1) is 21.4. The SMILES string of the molecule is O=C(CCN1CCN(Cc2nc(-c3ccc(Cl)cc3)no2)CC1)Nc1cccc(F)c1. The minimum Gasteiger partial charge on any atom is -0.338 e. The van der Waals surface area contributed by atoms with Crippen LogP contribution in [0.2, 0.25) is 5.02 Å². The third-order valence-electron chi connectivity index (χ3n) is 5.16. The number of rotatable bonds is 7. The maximum atomic E-state index is 13.2. The van der Waals surface area contributed by atoms with Crippen molar-refractivity contribution in [3.8, 4) is 11.4 Å². The van der Waals surface area contributed by atoms with Gasteiger partial charge in [-0.25, -0.2) is 4.39 Å². The lowest BCUT2D eigenvalue weighted by atomic mass is 10.2. The van der Waals surface area contributed by atoms with Gasteiger partial charge in [-0.15, -0.1) is 0 Å². The van der Waals surface area contributed by atoms with Gasteiger partial charge in [0.25, 0.3) is 0 Å². The van der Waals surface area contributed by atoms with Gasteiger partial charge in [0.1, 0.15) is 5.82 Å². The van der Waals surface area contributed by atoms with E-state index in [0.29, 0.717) is 41.9 Å². The zero-order valence-electron chi connectivity index (χ0n) is 16.9. The lowest BCUT2D eigenvalue weighted by molar-refractivity contribution is -0.116. The number of halogens is 2. The number of anilines is 1. The van der Waals surface area contributed by atoms with Crippen LogP contribution >= 0.6 is 11.6 Å². The smallest absolute Gasteiger partial charge is 0.241 e. The number of nitrogens with zero attached hydrogens (tertiary/aromatic N) is 4. The van der Waals surface area contributed by atoms with Crippen LogP contribution in [0, 0.1) is 5.82 Å². The molecule has 2 heterocycles. The van der Waals surface area contributed by atoms with Crippen molar-refractivity contribution in [3.05, 3.63) is 65.3 Å². The van der Waals surface area contributed by atoms with Gasteiger partial charge in [0, 0.05) is 55.4 Å². The number of amides is 1. The first-order valence-electron chi connectivity index (χ1n) is 10.1. The Labute approximate surface area is 184 Å². The lowest BCUT2D eigenvalue weighted by Gasteiger charge is -2.33. The zero-order valence-corrected chi connectivity index (χ0v) is 17.7. The molecule has 2 aromatic carbocycles. The van der Waals surface area contributed by atoms with Crippen LogP contribution in [0.5, 0.6) is 0 Å². The molecule has 0 bridgehead atoms. The van der Waals surface area contributed by atoms with Crippen LogP contribution in [0.1, 0.15) is 12.3 Å². The number of carbonyl (C=O) groups is 1. The summed E-state index contributed by atoms with van der Waals surface area (Å²) < 4.78 is 18.6. The topological polar surface area (TPSA) is 74.5 Å². The Morgan fingerprint density at radius 3 is 2.58 bits per heavy atom. The highest BCUT2D eigenvalue weighted by molar-refractivity contribution is 6.30. The molecule has 1 aliphatic heterocycles. The second kappa shape index (κ2) is 10.00. The van der Waals surface area contributed by atoms with E-state index in [9.17, 15) is 9.18 Å². The Morgan fingerprint density at radius 2 is 1.84 bits per heavy atom. The molecule has 0 radical (unpaired) electrons.